The number of anilines is 2. The van der Waals surface area contributed by atoms with Crippen LogP contribution in [-0.4, -0.2) is 62.6 Å². The molecule has 2 saturated heterocycles. The summed E-state index contributed by atoms with van der Waals surface area (Å²) in [6.07, 6.45) is 3.05. The largest absolute Gasteiger partial charge is 0.322 e. The van der Waals surface area contributed by atoms with Crippen molar-refractivity contribution in [3.63, 3.8) is 0 Å². The van der Waals surface area contributed by atoms with Gasteiger partial charge in [0.1, 0.15) is 18.4 Å². The number of nitrogens with one attached hydrogen (secondary N) is 1. The van der Waals surface area contributed by atoms with Crippen LogP contribution in [0, 0.1) is 17.1 Å². The molecule has 4 amide bonds. The average Bonchev–Trinajstić information content (AvgIpc) is 3.29. The van der Waals surface area contributed by atoms with Crippen molar-refractivity contribution in [2.75, 3.05) is 29.9 Å². The number of carbonyl (C=O) groups is 3. The highest BCUT2D eigenvalue weighted by molar-refractivity contribution is 6.11. The first-order chi connectivity index (χ1) is 18.9. The summed E-state index contributed by atoms with van der Waals surface area (Å²) in [7, 11) is 1.69. The fourth-order valence-corrected chi connectivity index (χ4v) is 4.92. The minimum Gasteiger partial charge on any atom is -0.319 e. The minimum atomic E-state index is -3.04. The second kappa shape index (κ2) is 9.71. The number of aryl methyl sites for hydroxylation is 1. The minimum absolute atomic E-state index is 0.0617. The van der Waals surface area contributed by atoms with Gasteiger partial charge in [-0.3, -0.25) is 14.3 Å². The number of likely N-dealkylation sites (tertiary alicyclic amines) is 1. The second-order valence-electron chi connectivity index (χ2n) is 9.95. The van der Waals surface area contributed by atoms with Crippen LogP contribution >= 0.6 is 0 Å². The molecule has 13 heteroatoms. The summed E-state index contributed by atoms with van der Waals surface area (Å²) in [5.74, 6) is -4.88. The molecule has 40 heavy (non-hydrogen) atoms. The number of rotatable bonds is 5. The van der Waals surface area contributed by atoms with Crippen LogP contribution in [0.5, 0.6) is 0 Å². The molecule has 0 saturated carbocycles. The van der Waals surface area contributed by atoms with Crippen molar-refractivity contribution in [2.45, 2.75) is 24.9 Å². The first-order valence-corrected chi connectivity index (χ1v) is 12.3. The van der Waals surface area contributed by atoms with E-state index in [1.165, 1.54) is 57.1 Å². The van der Waals surface area contributed by atoms with Crippen molar-refractivity contribution >= 4 is 29.2 Å². The molecule has 2 aliphatic heterocycles. The Morgan fingerprint density at radius 3 is 2.45 bits per heavy atom. The lowest BCUT2D eigenvalue weighted by Crippen LogP contribution is -2.81. The highest BCUT2D eigenvalue weighted by Crippen LogP contribution is 2.37. The van der Waals surface area contributed by atoms with Crippen LogP contribution in [0.3, 0.4) is 0 Å². The van der Waals surface area contributed by atoms with E-state index in [4.69, 9.17) is 5.26 Å². The van der Waals surface area contributed by atoms with E-state index in [1.807, 2.05) is 0 Å². The molecular weight excluding hydrogens is 527 g/mol. The average molecular weight is 552 g/mol. The molecule has 1 aromatic heterocycles. The molecule has 206 valence electrons. The third kappa shape index (κ3) is 4.72. The van der Waals surface area contributed by atoms with Gasteiger partial charge in [-0.05, 0) is 23.8 Å². The van der Waals surface area contributed by atoms with Crippen molar-refractivity contribution in [2.24, 2.45) is 7.05 Å². The Morgan fingerprint density at radius 2 is 1.88 bits per heavy atom. The Labute approximate surface area is 227 Å². The van der Waals surface area contributed by atoms with Gasteiger partial charge in [0.25, 0.3) is 11.8 Å². The number of carbonyl (C=O) groups excluding carboxylic acids is 3. The number of aromatic nitrogens is 2. The van der Waals surface area contributed by atoms with Crippen LogP contribution in [0.15, 0.2) is 54.9 Å². The van der Waals surface area contributed by atoms with Crippen LogP contribution in [0.2, 0.25) is 0 Å². The maximum atomic E-state index is 14.4. The van der Waals surface area contributed by atoms with E-state index < -0.39 is 41.7 Å². The summed E-state index contributed by atoms with van der Waals surface area (Å²) in [6, 6.07) is 10.3. The molecule has 2 aliphatic rings. The fourth-order valence-electron chi connectivity index (χ4n) is 4.92. The Morgan fingerprint density at radius 1 is 1.18 bits per heavy atom. The van der Waals surface area contributed by atoms with Gasteiger partial charge >= 0.3 is 6.03 Å². The normalized spacial score (nSPS) is 16.6. The zero-order valence-corrected chi connectivity index (χ0v) is 21.6. The number of halogens is 3. The van der Waals surface area contributed by atoms with Crippen molar-refractivity contribution in [1.82, 2.24) is 19.6 Å². The highest BCUT2D eigenvalue weighted by Gasteiger charge is 2.61. The number of hydrogen-bond donors (Lipinski definition) is 1. The van der Waals surface area contributed by atoms with E-state index in [-0.39, 0.29) is 36.4 Å². The summed E-state index contributed by atoms with van der Waals surface area (Å²) >= 11 is 0. The second-order valence-corrected chi connectivity index (χ2v) is 9.95. The molecule has 0 radical (unpaired) electrons. The Balaban J connectivity index is 1.44. The molecular formula is C27H24F3N7O3. The molecule has 2 aromatic carbocycles. The lowest BCUT2D eigenvalue weighted by atomic mass is 9.83. The zero-order valence-electron chi connectivity index (χ0n) is 21.6. The van der Waals surface area contributed by atoms with Crippen LogP contribution in [0.4, 0.5) is 29.3 Å². The predicted molar refractivity (Wildman–Crippen MR) is 137 cm³/mol. The van der Waals surface area contributed by atoms with E-state index in [2.05, 4.69) is 10.4 Å². The van der Waals surface area contributed by atoms with Crippen molar-refractivity contribution in [3.8, 4) is 6.07 Å². The fraction of sp³-hybridized carbons (Fsp3) is 0.296. The van der Waals surface area contributed by atoms with Gasteiger partial charge < -0.3 is 20.0 Å². The molecule has 0 bridgehead atoms. The number of alkyl halides is 2. The monoisotopic (exact) mass is 551 g/mol. The van der Waals surface area contributed by atoms with Crippen LogP contribution in [0.25, 0.3) is 0 Å². The number of hydrogen-bond acceptors (Lipinski definition) is 5. The van der Waals surface area contributed by atoms with Gasteiger partial charge in [0.05, 0.1) is 30.5 Å². The van der Waals surface area contributed by atoms with Crippen LogP contribution in [-0.2, 0) is 29.1 Å². The maximum absolute atomic E-state index is 14.4. The molecule has 3 heterocycles. The van der Waals surface area contributed by atoms with Crippen molar-refractivity contribution in [1.29, 1.82) is 5.26 Å². The number of nitrogens with zero attached hydrogens (tertiary/aromatic N) is 6. The molecule has 0 aliphatic carbocycles. The van der Waals surface area contributed by atoms with Gasteiger partial charge in [0.15, 0.2) is 5.54 Å². The van der Waals surface area contributed by atoms with Gasteiger partial charge in [-0.1, -0.05) is 24.3 Å². The molecule has 1 N–H and O–H groups in total. The summed E-state index contributed by atoms with van der Waals surface area (Å²) in [5, 5.41) is 15.7. The summed E-state index contributed by atoms with van der Waals surface area (Å²) in [5.41, 5.74) is -0.814. The molecule has 2 fully saturated rings. The lowest BCUT2D eigenvalue weighted by Gasteiger charge is -2.57. The van der Waals surface area contributed by atoms with Crippen molar-refractivity contribution < 1.29 is 27.6 Å². The van der Waals surface area contributed by atoms with Crippen LogP contribution < -0.4 is 10.2 Å². The van der Waals surface area contributed by atoms with E-state index in [0.717, 1.165) is 17.9 Å². The number of piperazine rings is 1. The standard InChI is InChI=1S/C27H24F3N7O3/c1-26(29,30)19-6-3-17(4-7-19)12-37-23(38)14-36(21-8-5-18(10-31)22(28)9-21)24(39)27(37)15-35(16-27)25(40)33-20-11-32-34(2)13-20/h3-9,11,13H,12,14-16H2,1-2H3,(H,33,40). The molecule has 3 aromatic rings. The first-order valence-electron chi connectivity index (χ1n) is 12.3. The first kappa shape index (κ1) is 26.7. The molecule has 0 unspecified atom stereocenters. The summed E-state index contributed by atoms with van der Waals surface area (Å²) in [4.78, 5) is 44.1. The van der Waals surface area contributed by atoms with Crippen LogP contribution in [0.1, 0.15) is 23.6 Å². The van der Waals surface area contributed by atoms with Gasteiger partial charge in [-0.15, -0.1) is 0 Å². The highest BCUT2D eigenvalue weighted by atomic mass is 19.3. The van der Waals surface area contributed by atoms with E-state index in [0.29, 0.717) is 11.3 Å². The molecule has 1 spiro atoms. The van der Waals surface area contributed by atoms with E-state index >= 15 is 0 Å². The van der Waals surface area contributed by atoms with Gasteiger partial charge in [-0.25, -0.2) is 18.0 Å². The number of urea groups is 1. The third-order valence-electron chi connectivity index (χ3n) is 7.09. The van der Waals surface area contributed by atoms with Gasteiger partial charge in [-0.2, -0.15) is 10.4 Å². The van der Waals surface area contributed by atoms with E-state index in [1.54, 1.807) is 19.3 Å². The molecule has 0 atom stereocenters. The SMILES string of the molecule is Cn1cc(NC(=O)N2CC3(C2)C(=O)N(c2ccc(C#N)c(F)c2)CC(=O)N3Cc2ccc(C(C)(F)F)cc2)cn1. The Bertz CT molecular complexity index is 1540. The lowest BCUT2D eigenvalue weighted by molar-refractivity contribution is -0.161. The summed E-state index contributed by atoms with van der Waals surface area (Å²) in [6.45, 7) is 0.0185. The van der Waals surface area contributed by atoms with E-state index in [9.17, 15) is 27.6 Å². The number of amides is 4. The number of nitriles is 1. The number of benzene rings is 2. The van der Waals surface area contributed by atoms with Gasteiger partial charge in [0.2, 0.25) is 5.91 Å². The Kier molecular flexibility index (Phi) is 6.49. The smallest absolute Gasteiger partial charge is 0.319 e. The Hall–Kier alpha value is -4.86. The predicted octanol–water partition coefficient (Wildman–Crippen LogP) is 3.20. The third-order valence-corrected chi connectivity index (χ3v) is 7.09. The topological polar surface area (TPSA) is 115 Å². The van der Waals surface area contributed by atoms with Crippen molar-refractivity contribution in [3.05, 3.63) is 77.4 Å². The van der Waals surface area contributed by atoms with Gasteiger partial charge in [0, 0.05) is 38.0 Å². The zero-order chi connectivity index (χ0) is 28.8. The molecule has 5 rings (SSSR count). The molecule has 10 nitrogen and oxygen atoms in total. The summed E-state index contributed by atoms with van der Waals surface area (Å²) < 4.78 is 43.3. The maximum Gasteiger partial charge on any atom is 0.322 e. The quantitative estimate of drug-likeness (QED) is 0.523.